The van der Waals surface area contributed by atoms with Crippen LogP contribution in [0, 0.1) is 0 Å². The molecule has 1 amide bonds. The van der Waals surface area contributed by atoms with Crippen LogP contribution in [0.5, 0.6) is 5.75 Å². The predicted molar refractivity (Wildman–Crippen MR) is 78.5 cm³/mol. The summed E-state index contributed by atoms with van der Waals surface area (Å²) in [6.07, 6.45) is 0.923. The van der Waals surface area contributed by atoms with E-state index >= 15 is 0 Å². The van der Waals surface area contributed by atoms with Gasteiger partial charge >= 0.3 is 5.97 Å². The summed E-state index contributed by atoms with van der Waals surface area (Å²) >= 11 is 6.02. The maximum Gasteiger partial charge on any atom is 0.326 e. The van der Waals surface area contributed by atoms with Gasteiger partial charge in [0.2, 0.25) is 0 Å². The van der Waals surface area contributed by atoms with Gasteiger partial charge < -0.3 is 14.7 Å². The van der Waals surface area contributed by atoms with Crippen LogP contribution in [0.15, 0.2) is 24.3 Å². The Labute approximate surface area is 128 Å². The number of para-hydroxylation sites is 1. The number of aliphatic carboxylic acids is 1. The van der Waals surface area contributed by atoms with Crippen LogP contribution in [0.1, 0.15) is 26.2 Å². The van der Waals surface area contributed by atoms with Gasteiger partial charge in [0.25, 0.3) is 5.91 Å². The van der Waals surface area contributed by atoms with Gasteiger partial charge in [0.1, 0.15) is 11.8 Å². The van der Waals surface area contributed by atoms with E-state index in [1.54, 1.807) is 24.3 Å². The third kappa shape index (κ3) is 3.47. The summed E-state index contributed by atoms with van der Waals surface area (Å²) in [6, 6.07) is 6.18. The van der Waals surface area contributed by atoms with Gasteiger partial charge in [-0.2, -0.15) is 0 Å². The number of hydrogen-bond acceptors (Lipinski definition) is 3. The normalized spacial score (nSPS) is 19.3. The minimum atomic E-state index is -0.964. The molecule has 0 aromatic heterocycles. The molecule has 114 valence electrons. The van der Waals surface area contributed by atoms with Crippen LogP contribution in [-0.2, 0) is 9.59 Å². The third-order valence-corrected chi connectivity index (χ3v) is 3.89. The molecule has 1 N–H and O–H groups in total. The second kappa shape index (κ2) is 6.80. The summed E-state index contributed by atoms with van der Waals surface area (Å²) < 4.78 is 5.68. The fourth-order valence-electron chi connectivity index (χ4n) is 2.47. The largest absolute Gasteiger partial charge is 0.480 e. The number of hydrogen-bond donors (Lipinski definition) is 1. The van der Waals surface area contributed by atoms with Crippen molar-refractivity contribution in [3.63, 3.8) is 0 Å². The molecule has 2 atom stereocenters. The van der Waals surface area contributed by atoms with Crippen molar-refractivity contribution < 1.29 is 19.4 Å². The van der Waals surface area contributed by atoms with Gasteiger partial charge in [0.05, 0.1) is 5.02 Å². The van der Waals surface area contributed by atoms with Crippen LogP contribution in [0.25, 0.3) is 0 Å². The lowest BCUT2D eigenvalue weighted by atomic mass is 10.2. The van der Waals surface area contributed by atoms with E-state index in [4.69, 9.17) is 21.4 Å². The molecule has 0 spiro atoms. The van der Waals surface area contributed by atoms with Crippen molar-refractivity contribution >= 4 is 23.5 Å². The molecule has 1 aliphatic rings. The van der Waals surface area contributed by atoms with Gasteiger partial charge in [-0.1, -0.05) is 30.7 Å². The van der Waals surface area contributed by atoms with Gasteiger partial charge in [-0.15, -0.1) is 0 Å². The minimum Gasteiger partial charge on any atom is -0.480 e. The first-order valence-corrected chi connectivity index (χ1v) is 7.36. The van der Waals surface area contributed by atoms with Crippen LogP contribution in [-0.4, -0.2) is 40.6 Å². The molecule has 0 saturated carbocycles. The summed E-state index contributed by atoms with van der Waals surface area (Å²) in [5.41, 5.74) is 0. The van der Waals surface area contributed by atoms with Crippen LogP contribution >= 0.6 is 11.6 Å². The van der Waals surface area contributed by atoms with E-state index in [0.717, 1.165) is 0 Å². The van der Waals surface area contributed by atoms with E-state index in [2.05, 4.69) is 0 Å². The topological polar surface area (TPSA) is 66.8 Å². The first-order chi connectivity index (χ1) is 10.0. The quantitative estimate of drug-likeness (QED) is 0.907. The van der Waals surface area contributed by atoms with E-state index in [1.165, 1.54) is 4.90 Å². The summed E-state index contributed by atoms with van der Waals surface area (Å²) in [5.74, 6) is -0.818. The van der Waals surface area contributed by atoms with Crippen molar-refractivity contribution in [3.05, 3.63) is 29.3 Å². The van der Waals surface area contributed by atoms with Gasteiger partial charge in [-0.3, -0.25) is 4.79 Å². The molecule has 1 unspecified atom stereocenters. The maximum atomic E-state index is 12.5. The van der Waals surface area contributed by atoms with Crippen molar-refractivity contribution in [1.82, 2.24) is 4.90 Å². The Balaban J connectivity index is 2.12. The number of carboxylic acids is 1. The molecule has 0 aliphatic carbocycles. The molecule has 0 bridgehead atoms. The molecule has 1 aliphatic heterocycles. The number of benzene rings is 1. The molecule has 1 aromatic carbocycles. The lowest BCUT2D eigenvalue weighted by Crippen LogP contribution is -2.47. The Hall–Kier alpha value is -1.75. The molecule has 1 fully saturated rings. The Morgan fingerprint density at radius 3 is 2.81 bits per heavy atom. The minimum absolute atomic E-state index is 0.290. The number of rotatable bonds is 5. The first kappa shape index (κ1) is 15.6. The van der Waals surface area contributed by atoms with Gasteiger partial charge in [0, 0.05) is 6.54 Å². The number of carbonyl (C=O) groups is 2. The molecule has 0 radical (unpaired) electrons. The lowest BCUT2D eigenvalue weighted by Gasteiger charge is -2.26. The number of halogens is 1. The Bertz CT molecular complexity index is 534. The highest BCUT2D eigenvalue weighted by atomic mass is 35.5. The second-order valence-electron chi connectivity index (χ2n) is 4.97. The van der Waals surface area contributed by atoms with Crippen molar-refractivity contribution in [2.45, 2.75) is 38.3 Å². The molecule has 1 saturated heterocycles. The van der Waals surface area contributed by atoms with Gasteiger partial charge in [0.15, 0.2) is 6.10 Å². The van der Waals surface area contributed by atoms with E-state index in [-0.39, 0.29) is 5.91 Å². The molecule has 21 heavy (non-hydrogen) atoms. The molecule has 1 aromatic rings. The van der Waals surface area contributed by atoms with Crippen LogP contribution in [0.2, 0.25) is 5.02 Å². The van der Waals surface area contributed by atoms with E-state index in [0.29, 0.717) is 36.6 Å². The highest BCUT2D eigenvalue weighted by Gasteiger charge is 2.37. The average molecular weight is 312 g/mol. The fraction of sp³-hybridized carbons (Fsp3) is 0.467. The lowest BCUT2D eigenvalue weighted by molar-refractivity contribution is -0.151. The van der Waals surface area contributed by atoms with Crippen molar-refractivity contribution in [3.8, 4) is 5.75 Å². The van der Waals surface area contributed by atoms with Crippen molar-refractivity contribution in [2.75, 3.05) is 6.54 Å². The second-order valence-corrected chi connectivity index (χ2v) is 5.38. The first-order valence-electron chi connectivity index (χ1n) is 6.99. The molecular weight excluding hydrogens is 294 g/mol. The number of carboxylic acid groups (broad SMARTS) is 1. The number of carbonyl (C=O) groups excluding carboxylic acids is 1. The van der Waals surface area contributed by atoms with Crippen LogP contribution < -0.4 is 4.74 Å². The Kier molecular flexibility index (Phi) is 5.07. The van der Waals surface area contributed by atoms with E-state index < -0.39 is 18.1 Å². The van der Waals surface area contributed by atoms with Crippen LogP contribution in [0.4, 0.5) is 0 Å². The molecule has 6 heteroatoms. The van der Waals surface area contributed by atoms with E-state index in [1.807, 2.05) is 6.92 Å². The fourth-order valence-corrected chi connectivity index (χ4v) is 2.65. The number of ether oxygens (including phenoxy) is 1. The molecule has 5 nitrogen and oxygen atoms in total. The molecular formula is C15H18ClNO4. The van der Waals surface area contributed by atoms with Crippen LogP contribution in [0.3, 0.4) is 0 Å². The summed E-state index contributed by atoms with van der Waals surface area (Å²) in [7, 11) is 0. The molecule has 1 heterocycles. The zero-order valence-electron chi connectivity index (χ0n) is 11.8. The Morgan fingerprint density at radius 1 is 1.48 bits per heavy atom. The average Bonchev–Trinajstić information content (AvgIpc) is 2.95. The monoisotopic (exact) mass is 311 g/mol. The number of likely N-dealkylation sites (tertiary alicyclic amines) is 1. The SMILES string of the molecule is CCC(Oc1ccccc1Cl)C(=O)N1CCC[C@@H]1C(=O)O. The number of amides is 1. The van der Waals surface area contributed by atoms with Crippen molar-refractivity contribution in [2.24, 2.45) is 0 Å². The standard InChI is InChI=1S/C15H18ClNO4/c1-2-12(21-13-8-4-3-6-10(13)16)14(18)17-9-5-7-11(17)15(19)20/h3-4,6,8,11-12H,2,5,7,9H2,1H3,(H,19,20)/t11-,12?/m1/s1. The third-order valence-electron chi connectivity index (χ3n) is 3.57. The maximum absolute atomic E-state index is 12.5. The highest BCUT2D eigenvalue weighted by Crippen LogP contribution is 2.26. The Morgan fingerprint density at radius 2 is 2.19 bits per heavy atom. The summed E-state index contributed by atoms with van der Waals surface area (Å²) in [6.45, 7) is 2.28. The van der Waals surface area contributed by atoms with Crippen molar-refractivity contribution in [1.29, 1.82) is 0 Å². The zero-order chi connectivity index (χ0) is 15.4. The summed E-state index contributed by atoms with van der Waals surface area (Å²) in [4.78, 5) is 25.1. The number of nitrogens with zero attached hydrogens (tertiary/aromatic N) is 1. The molecule has 2 rings (SSSR count). The van der Waals surface area contributed by atoms with E-state index in [9.17, 15) is 9.59 Å². The summed E-state index contributed by atoms with van der Waals surface area (Å²) in [5, 5.41) is 9.60. The zero-order valence-corrected chi connectivity index (χ0v) is 12.5. The smallest absolute Gasteiger partial charge is 0.326 e. The highest BCUT2D eigenvalue weighted by molar-refractivity contribution is 6.32. The van der Waals surface area contributed by atoms with Gasteiger partial charge in [-0.25, -0.2) is 4.79 Å². The predicted octanol–water partition coefficient (Wildman–Crippen LogP) is 2.57. The van der Waals surface area contributed by atoms with Gasteiger partial charge in [-0.05, 0) is 31.4 Å².